The van der Waals surface area contributed by atoms with Gasteiger partial charge in [-0.3, -0.25) is 9.35 Å². The van der Waals surface area contributed by atoms with Gasteiger partial charge in [-0.2, -0.15) is 8.42 Å². The molecule has 6 nitrogen and oxygen atoms in total. The van der Waals surface area contributed by atoms with Crippen LogP contribution in [0.15, 0.2) is 24.3 Å². The number of Topliss-reactive ketones (excluding diaryl/α,β-unsaturated/α-hetero) is 1. The average molecular weight is 378 g/mol. The van der Waals surface area contributed by atoms with E-state index in [1.165, 1.54) is 0 Å². The SMILES string of the molecule is CC(CC(C)(C)NCCS(=O)(=O)O)C(=O)COc1ccc(Cl)cc1. The van der Waals surface area contributed by atoms with Gasteiger partial charge in [-0.1, -0.05) is 18.5 Å². The van der Waals surface area contributed by atoms with Crippen LogP contribution in [-0.4, -0.2) is 43.2 Å². The standard InChI is InChI=1S/C16H24ClNO5S/c1-12(10-16(2,3)18-8-9-24(20,21)22)15(19)11-23-14-6-4-13(17)5-7-14/h4-7,12,18H,8-11H2,1-3H3,(H,20,21,22). The van der Waals surface area contributed by atoms with Crippen molar-refractivity contribution >= 4 is 27.5 Å². The zero-order valence-electron chi connectivity index (χ0n) is 14.1. The van der Waals surface area contributed by atoms with Crippen LogP contribution in [0.2, 0.25) is 5.02 Å². The predicted octanol–water partition coefficient (Wildman–Crippen LogP) is 2.57. The van der Waals surface area contributed by atoms with Gasteiger partial charge in [-0.05, 0) is 44.5 Å². The Bertz CT molecular complexity index is 643. The highest BCUT2D eigenvalue weighted by atomic mass is 35.5. The molecule has 2 N–H and O–H groups in total. The molecule has 0 aliphatic heterocycles. The summed E-state index contributed by atoms with van der Waals surface area (Å²) in [6.45, 7) is 5.64. The molecule has 1 unspecified atom stereocenters. The van der Waals surface area contributed by atoms with Crippen molar-refractivity contribution in [2.75, 3.05) is 18.9 Å². The normalized spacial score (nSPS) is 13.5. The van der Waals surface area contributed by atoms with Crippen molar-refractivity contribution in [2.24, 2.45) is 5.92 Å². The Hall–Kier alpha value is -1.15. The largest absolute Gasteiger partial charge is 0.486 e. The molecule has 0 heterocycles. The van der Waals surface area contributed by atoms with E-state index in [0.29, 0.717) is 17.2 Å². The summed E-state index contributed by atoms with van der Waals surface area (Å²) in [7, 11) is -3.99. The van der Waals surface area contributed by atoms with Gasteiger partial charge < -0.3 is 10.1 Å². The van der Waals surface area contributed by atoms with Gasteiger partial charge in [0.05, 0.1) is 5.75 Å². The maximum atomic E-state index is 12.2. The molecule has 0 aromatic heterocycles. The van der Waals surface area contributed by atoms with Crippen LogP contribution in [0.25, 0.3) is 0 Å². The van der Waals surface area contributed by atoms with Gasteiger partial charge in [0.1, 0.15) is 12.4 Å². The van der Waals surface area contributed by atoms with Gasteiger partial charge in [0.15, 0.2) is 5.78 Å². The first-order valence-corrected chi connectivity index (χ1v) is 9.58. The summed E-state index contributed by atoms with van der Waals surface area (Å²) in [5.74, 6) is -0.0936. The monoisotopic (exact) mass is 377 g/mol. The lowest BCUT2D eigenvalue weighted by molar-refractivity contribution is -0.125. The number of halogens is 1. The van der Waals surface area contributed by atoms with Crippen LogP contribution < -0.4 is 10.1 Å². The van der Waals surface area contributed by atoms with Crippen molar-refractivity contribution in [1.82, 2.24) is 5.32 Å². The van der Waals surface area contributed by atoms with E-state index in [0.717, 1.165) is 0 Å². The van der Waals surface area contributed by atoms with Crippen molar-refractivity contribution in [1.29, 1.82) is 0 Å². The minimum Gasteiger partial charge on any atom is -0.486 e. The third kappa shape index (κ3) is 8.63. The Morgan fingerprint density at radius 1 is 1.33 bits per heavy atom. The highest BCUT2D eigenvalue weighted by molar-refractivity contribution is 7.85. The second-order valence-electron chi connectivity index (χ2n) is 6.41. The average Bonchev–Trinajstić information content (AvgIpc) is 2.44. The number of ketones is 1. The zero-order chi connectivity index (χ0) is 18.4. The first kappa shape index (κ1) is 20.9. The summed E-state index contributed by atoms with van der Waals surface area (Å²) in [5, 5.41) is 3.63. The molecule has 1 aromatic carbocycles. The van der Waals surface area contributed by atoms with E-state index in [9.17, 15) is 13.2 Å². The lowest BCUT2D eigenvalue weighted by Gasteiger charge is -2.29. The topological polar surface area (TPSA) is 92.7 Å². The number of nitrogens with one attached hydrogen (secondary N) is 1. The van der Waals surface area contributed by atoms with E-state index in [4.69, 9.17) is 20.9 Å². The lowest BCUT2D eigenvalue weighted by Crippen LogP contribution is -2.44. The van der Waals surface area contributed by atoms with Crippen molar-refractivity contribution in [3.63, 3.8) is 0 Å². The molecule has 0 saturated heterocycles. The molecular formula is C16H24ClNO5S. The second-order valence-corrected chi connectivity index (χ2v) is 8.42. The maximum absolute atomic E-state index is 12.2. The van der Waals surface area contributed by atoms with Crippen LogP contribution in [-0.2, 0) is 14.9 Å². The Kier molecular flexibility index (Phi) is 7.66. The van der Waals surface area contributed by atoms with E-state index < -0.39 is 15.7 Å². The summed E-state index contributed by atoms with van der Waals surface area (Å²) in [5.41, 5.74) is -0.444. The maximum Gasteiger partial charge on any atom is 0.266 e. The van der Waals surface area contributed by atoms with E-state index in [1.54, 1.807) is 31.2 Å². The molecule has 0 aliphatic carbocycles. The summed E-state index contributed by atoms with van der Waals surface area (Å²) >= 11 is 5.78. The summed E-state index contributed by atoms with van der Waals surface area (Å²) in [6, 6.07) is 6.77. The summed E-state index contributed by atoms with van der Waals surface area (Å²) in [6.07, 6.45) is 0.515. The number of benzene rings is 1. The molecule has 0 saturated carbocycles. The summed E-state index contributed by atoms with van der Waals surface area (Å²) in [4.78, 5) is 12.2. The third-order valence-corrected chi connectivity index (χ3v) is 4.50. The van der Waals surface area contributed by atoms with E-state index in [2.05, 4.69) is 5.32 Å². The van der Waals surface area contributed by atoms with Gasteiger partial charge >= 0.3 is 0 Å². The predicted molar refractivity (Wildman–Crippen MR) is 94.2 cm³/mol. The fraction of sp³-hybridized carbons (Fsp3) is 0.562. The number of carbonyl (C=O) groups excluding carboxylic acids is 1. The number of hydrogen-bond donors (Lipinski definition) is 2. The van der Waals surface area contributed by atoms with Gasteiger partial charge in [-0.25, -0.2) is 0 Å². The summed E-state index contributed by atoms with van der Waals surface area (Å²) < 4.78 is 35.6. The highest BCUT2D eigenvalue weighted by Crippen LogP contribution is 2.19. The van der Waals surface area contributed by atoms with Crippen molar-refractivity contribution < 1.29 is 22.5 Å². The van der Waals surface area contributed by atoms with Crippen molar-refractivity contribution in [3.8, 4) is 5.75 Å². The van der Waals surface area contributed by atoms with Crippen LogP contribution in [0.4, 0.5) is 0 Å². The van der Waals surface area contributed by atoms with E-state index in [-0.39, 0.29) is 30.6 Å². The van der Waals surface area contributed by atoms with Crippen LogP contribution in [0.5, 0.6) is 5.75 Å². The van der Waals surface area contributed by atoms with Crippen LogP contribution in [0.1, 0.15) is 27.2 Å². The lowest BCUT2D eigenvalue weighted by atomic mass is 9.89. The number of hydrogen-bond acceptors (Lipinski definition) is 5. The molecule has 8 heteroatoms. The fourth-order valence-electron chi connectivity index (χ4n) is 2.30. The minimum atomic E-state index is -3.99. The molecule has 0 radical (unpaired) electrons. The number of carbonyl (C=O) groups is 1. The Labute approximate surface area is 148 Å². The first-order valence-electron chi connectivity index (χ1n) is 7.60. The smallest absolute Gasteiger partial charge is 0.266 e. The molecular weight excluding hydrogens is 354 g/mol. The van der Waals surface area contributed by atoms with E-state index >= 15 is 0 Å². The molecule has 136 valence electrons. The molecule has 1 rings (SSSR count). The zero-order valence-corrected chi connectivity index (χ0v) is 15.7. The van der Waals surface area contributed by atoms with Crippen molar-refractivity contribution in [3.05, 3.63) is 29.3 Å². The van der Waals surface area contributed by atoms with Gasteiger partial charge in [0, 0.05) is 23.0 Å². The molecule has 0 aliphatic rings. The third-order valence-electron chi connectivity index (χ3n) is 3.52. The Balaban J connectivity index is 2.42. The van der Waals surface area contributed by atoms with Gasteiger partial charge in [-0.15, -0.1) is 0 Å². The van der Waals surface area contributed by atoms with Gasteiger partial charge in [0.2, 0.25) is 0 Å². The molecule has 24 heavy (non-hydrogen) atoms. The van der Waals surface area contributed by atoms with Crippen LogP contribution in [0, 0.1) is 5.92 Å². The molecule has 0 spiro atoms. The Morgan fingerprint density at radius 2 is 1.92 bits per heavy atom. The molecule has 0 amide bonds. The molecule has 0 bridgehead atoms. The highest BCUT2D eigenvalue weighted by Gasteiger charge is 2.25. The van der Waals surface area contributed by atoms with Crippen LogP contribution in [0.3, 0.4) is 0 Å². The molecule has 0 fully saturated rings. The van der Waals surface area contributed by atoms with Crippen molar-refractivity contribution in [2.45, 2.75) is 32.7 Å². The molecule has 1 aromatic rings. The quantitative estimate of drug-likeness (QED) is 0.609. The fourth-order valence-corrected chi connectivity index (χ4v) is 2.78. The van der Waals surface area contributed by atoms with Gasteiger partial charge in [0.25, 0.3) is 10.1 Å². The number of rotatable bonds is 10. The van der Waals surface area contributed by atoms with E-state index in [1.807, 2.05) is 13.8 Å². The Morgan fingerprint density at radius 3 is 2.46 bits per heavy atom. The molecule has 1 atom stereocenters. The van der Waals surface area contributed by atoms with Crippen LogP contribution >= 0.6 is 11.6 Å². The minimum absolute atomic E-state index is 0.0378. The first-order chi connectivity index (χ1) is 11.0. The second kappa shape index (κ2) is 8.80. The number of ether oxygens (including phenoxy) is 1.